The smallest absolute Gasteiger partial charge is 0.415 e. The number of rotatable bonds is 14. The summed E-state index contributed by atoms with van der Waals surface area (Å²) in [6.07, 6.45) is -0.150. The van der Waals surface area contributed by atoms with Crippen LogP contribution in [0, 0.1) is 0 Å². The number of hydrogen-bond donors (Lipinski definition) is 2. The number of para-hydroxylation sites is 4. The molecular weight excluding hydrogens is 570 g/mol. The summed E-state index contributed by atoms with van der Waals surface area (Å²) >= 11 is 0. The zero-order valence-electron chi connectivity index (χ0n) is 22.6. The van der Waals surface area contributed by atoms with Crippen molar-refractivity contribution in [2.75, 3.05) is 23.2 Å². The molecule has 0 saturated carbocycles. The van der Waals surface area contributed by atoms with Crippen LogP contribution in [0.5, 0.6) is 23.0 Å². The van der Waals surface area contributed by atoms with Gasteiger partial charge in [0.1, 0.15) is 35.6 Å². The molecule has 0 aliphatic rings. The molecule has 0 aromatic heterocycles. The highest BCUT2D eigenvalue weighted by molar-refractivity contribution is 7.55. The average Bonchev–Trinajstić information content (AvgIpc) is 3.01. The van der Waals surface area contributed by atoms with E-state index in [1.165, 1.54) is 0 Å². The van der Waals surface area contributed by atoms with Crippen molar-refractivity contribution in [2.24, 2.45) is 0 Å². The van der Waals surface area contributed by atoms with Crippen molar-refractivity contribution in [3.63, 3.8) is 0 Å². The van der Waals surface area contributed by atoms with E-state index in [1.54, 1.807) is 121 Å². The number of nitrogens with one attached hydrogen (secondary N) is 2. The van der Waals surface area contributed by atoms with Crippen LogP contribution in [-0.2, 0) is 9.13 Å². The summed E-state index contributed by atoms with van der Waals surface area (Å²) in [4.78, 5) is 0. The Morgan fingerprint density at radius 1 is 0.381 bits per heavy atom. The summed E-state index contributed by atoms with van der Waals surface area (Å²) in [5.74, 6) is 1.77. The molecule has 8 nitrogen and oxygen atoms in total. The van der Waals surface area contributed by atoms with E-state index in [4.69, 9.17) is 18.1 Å². The lowest BCUT2D eigenvalue weighted by atomic mass is 10.3. The highest BCUT2D eigenvalue weighted by Crippen LogP contribution is 2.49. The summed E-state index contributed by atoms with van der Waals surface area (Å²) < 4.78 is 50.8. The van der Waals surface area contributed by atoms with Crippen LogP contribution < -0.4 is 28.7 Å². The number of hydrogen-bond acceptors (Lipinski definition) is 8. The largest absolute Gasteiger partial charge is 0.449 e. The molecule has 0 atom stereocenters. The van der Waals surface area contributed by atoms with Gasteiger partial charge in [0.25, 0.3) is 0 Å². The lowest BCUT2D eigenvalue weighted by Crippen LogP contribution is -2.13. The molecule has 214 valence electrons. The van der Waals surface area contributed by atoms with E-state index in [-0.39, 0.29) is 12.6 Å². The molecule has 0 saturated heterocycles. The van der Waals surface area contributed by atoms with Gasteiger partial charge in [-0.15, -0.1) is 0 Å². The summed E-state index contributed by atoms with van der Waals surface area (Å²) in [5.41, 5.74) is 1.39. The Morgan fingerprint density at radius 2 is 0.619 bits per heavy atom. The Labute approximate surface area is 245 Å². The van der Waals surface area contributed by atoms with Gasteiger partial charge in [-0.05, 0) is 72.8 Å². The minimum Gasteiger partial charge on any atom is -0.415 e. The van der Waals surface area contributed by atoms with Crippen LogP contribution in [0.3, 0.4) is 0 Å². The van der Waals surface area contributed by atoms with Crippen LogP contribution in [0.15, 0.2) is 146 Å². The molecule has 0 radical (unpaired) electrons. The van der Waals surface area contributed by atoms with Gasteiger partial charge in [-0.2, -0.15) is 0 Å². The summed E-state index contributed by atoms with van der Waals surface area (Å²) in [5, 5.41) is 6.29. The van der Waals surface area contributed by atoms with Crippen molar-refractivity contribution in [3.05, 3.63) is 146 Å². The van der Waals surface area contributed by atoms with Crippen molar-refractivity contribution >= 4 is 26.6 Å². The van der Waals surface area contributed by atoms with Crippen LogP contribution in [-0.4, -0.2) is 12.6 Å². The fourth-order valence-corrected chi connectivity index (χ4v) is 6.67. The molecule has 0 aliphatic carbocycles. The number of benzene rings is 5. The zero-order chi connectivity index (χ0) is 29.1. The Kier molecular flexibility index (Phi) is 9.50. The standard InChI is InChI=1S/C32H30N2O6P2/c35-41(37-29-13-5-1-6-14-29,38-30-15-7-2-8-16-30)25-33-27-21-23-28(24-22-27)34-26-42(36,39-31-17-9-3-10-18-31)40-32-19-11-4-12-20-32/h1-24,33-34H,25-26H2. The molecule has 5 aromatic rings. The van der Waals surface area contributed by atoms with Gasteiger partial charge in [-0.25, -0.2) is 9.13 Å². The van der Waals surface area contributed by atoms with Gasteiger partial charge in [-0.3, -0.25) is 0 Å². The van der Waals surface area contributed by atoms with Crippen molar-refractivity contribution in [1.82, 2.24) is 0 Å². The molecule has 0 unspecified atom stereocenters. The monoisotopic (exact) mass is 600 g/mol. The predicted octanol–water partition coefficient (Wildman–Crippen LogP) is 9.13. The van der Waals surface area contributed by atoms with Gasteiger partial charge in [0.2, 0.25) is 0 Å². The van der Waals surface area contributed by atoms with E-state index in [1.807, 2.05) is 24.3 Å². The zero-order valence-corrected chi connectivity index (χ0v) is 24.4. The third-order valence-electron chi connectivity index (χ3n) is 5.79. The minimum absolute atomic E-state index is 0.0748. The fourth-order valence-electron chi connectivity index (χ4n) is 3.82. The third kappa shape index (κ3) is 8.68. The molecule has 10 heteroatoms. The maximum absolute atomic E-state index is 13.7. The van der Waals surface area contributed by atoms with E-state index < -0.39 is 15.2 Å². The summed E-state index contributed by atoms with van der Waals surface area (Å²) in [7, 11) is -7.28. The second-order valence-corrected chi connectivity index (χ2v) is 12.9. The molecule has 42 heavy (non-hydrogen) atoms. The molecule has 0 aliphatic heterocycles. The summed E-state index contributed by atoms with van der Waals surface area (Å²) in [6, 6.07) is 42.8. The minimum atomic E-state index is -3.64. The van der Waals surface area contributed by atoms with Crippen LogP contribution in [0.2, 0.25) is 0 Å². The van der Waals surface area contributed by atoms with Gasteiger partial charge >= 0.3 is 15.2 Å². The van der Waals surface area contributed by atoms with Gasteiger partial charge in [0.05, 0.1) is 0 Å². The average molecular weight is 601 g/mol. The Morgan fingerprint density at radius 3 is 0.857 bits per heavy atom. The van der Waals surface area contributed by atoms with Crippen LogP contribution in [0.25, 0.3) is 0 Å². The van der Waals surface area contributed by atoms with Crippen LogP contribution in [0.4, 0.5) is 11.4 Å². The van der Waals surface area contributed by atoms with E-state index in [0.717, 1.165) is 0 Å². The Hall–Kier alpha value is -4.64. The van der Waals surface area contributed by atoms with Crippen molar-refractivity contribution in [2.45, 2.75) is 0 Å². The van der Waals surface area contributed by atoms with Gasteiger partial charge in [0.15, 0.2) is 0 Å². The quantitative estimate of drug-likeness (QED) is 0.122. The molecule has 0 heterocycles. The normalized spacial score (nSPS) is 11.2. The Balaban J connectivity index is 1.24. The highest BCUT2D eigenvalue weighted by atomic mass is 31.2. The maximum atomic E-state index is 13.7. The van der Waals surface area contributed by atoms with Gasteiger partial charge < -0.3 is 28.7 Å². The lowest BCUT2D eigenvalue weighted by Gasteiger charge is -2.22. The SMILES string of the molecule is O=P(CNc1ccc(NCP(=O)(Oc2ccccc2)Oc2ccccc2)cc1)(Oc1ccccc1)Oc1ccccc1. The first-order valence-electron chi connectivity index (χ1n) is 13.2. The molecular formula is C32H30N2O6P2. The van der Waals surface area contributed by atoms with Gasteiger partial charge in [0, 0.05) is 11.4 Å². The first-order valence-corrected chi connectivity index (χ1v) is 16.7. The molecule has 2 N–H and O–H groups in total. The van der Waals surface area contributed by atoms with Crippen molar-refractivity contribution in [3.8, 4) is 23.0 Å². The molecule has 0 spiro atoms. The van der Waals surface area contributed by atoms with E-state index >= 15 is 0 Å². The number of anilines is 2. The van der Waals surface area contributed by atoms with Crippen LogP contribution >= 0.6 is 15.2 Å². The second kappa shape index (κ2) is 13.8. The van der Waals surface area contributed by atoms with Gasteiger partial charge in [-0.1, -0.05) is 72.8 Å². The first-order chi connectivity index (χ1) is 20.5. The second-order valence-electron chi connectivity index (χ2n) is 9.09. The lowest BCUT2D eigenvalue weighted by molar-refractivity contribution is 0.386. The van der Waals surface area contributed by atoms with Crippen molar-refractivity contribution in [1.29, 1.82) is 0 Å². The van der Waals surface area contributed by atoms with Crippen molar-refractivity contribution < 1.29 is 27.2 Å². The van der Waals surface area contributed by atoms with E-state index in [9.17, 15) is 9.13 Å². The molecule has 0 bridgehead atoms. The van der Waals surface area contributed by atoms with Crippen LogP contribution in [0.1, 0.15) is 0 Å². The van der Waals surface area contributed by atoms with E-state index in [2.05, 4.69) is 10.6 Å². The molecule has 5 rings (SSSR count). The van der Waals surface area contributed by atoms with E-state index in [0.29, 0.717) is 34.4 Å². The Bertz CT molecular complexity index is 1410. The third-order valence-corrected chi connectivity index (χ3v) is 8.84. The predicted molar refractivity (Wildman–Crippen MR) is 167 cm³/mol. The maximum Gasteiger partial charge on any atom is 0.449 e. The molecule has 0 fully saturated rings. The summed E-state index contributed by atoms with van der Waals surface area (Å²) in [6.45, 7) is 0. The fraction of sp³-hybridized carbons (Fsp3) is 0.0625. The highest BCUT2D eigenvalue weighted by Gasteiger charge is 2.29. The molecule has 0 amide bonds. The first kappa shape index (κ1) is 28.9. The molecule has 5 aromatic carbocycles. The topological polar surface area (TPSA) is 95.1 Å².